The van der Waals surface area contributed by atoms with Gasteiger partial charge in [-0.3, -0.25) is 9.69 Å². The van der Waals surface area contributed by atoms with E-state index in [0.29, 0.717) is 0 Å². The van der Waals surface area contributed by atoms with Gasteiger partial charge in [-0.05, 0) is 42.6 Å². The van der Waals surface area contributed by atoms with Crippen LogP contribution < -0.4 is 0 Å². The van der Waals surface area contributed by atoms with E-state index in [1.54, 1.807) is 12.1 Å². The number of piperidine rings is 1. The molecule has 0 amide bonds. The van der Waals surface area contributed by atoms with Gasteiger partial charge in [0, 0.05) is 24.1 Å². The summed E-state index contributed by atoms with van der Waals surface area (Å²) in [6.07, 6.45) is 3.43. The Morgan fingerprint density at radius 2 is 1.84 bits per heavy atom. The Morgan fingerprint density at radius 3 is 2.56 bits per heavy atom. The molecule has 1 atom stereocenters. The molecule has 25 heavy (non-hydrogen) atoms. The maximum Gasteiger partial charge on any atom is 0.165 e. The Morgan fingerprint density at radius 1 is 1.12 bits per heavy atom. The molecule has 1 heterocycles. The smallest absolute Gasteiger partial charge is 0.165 e. The van der Waals surface area contributed by atoms with Gasteiger partial charge in [0.05, 0.1) is 0 Å². The van der Waals surface area contributed by atoms with Gasteiger partial charge in [0.1, 0.15) is 5.82 Å². The highest BCUT2D eigenvalue weighted by atomic mass is 19.1. The van der Waals surface area contributed by atoms with Crippen LogP contribution in [0.4, 0.5) is 4.39 Å². The topological polar surface area (TPSA) is 20.3 Å². The molecule has 2 aromatic rings. The molecule has 0 saturated carbocycles. The molecule has 0 aliphatic carbocycles. The van der Waals surface area contributed by atoms with Crippen LogP contribution in [0.25, 0.3) is 0 Å². The lowest BCUT2D eigenvalue weighted by molar-refractivity contribution is 0.0934. The first-order valence-corrected chi connectivity index (χ1v) is 9.18. The normalized spacial score (nSPS) is 18.5. The molecule has 0 radical (unpaired) electrons. The molecule has 1 unspecified atom stereocenters. The zero-order chi connectivity index (χ0) is 17.8. The summed E-state index contributed by atoms with van der Waals surface area (Å²) in [5, 5.41) is 0. The standard InChI is InChI=1S/C22H26FNO/c1-16(2)22(25)20-8-4-3-7-18(20)15-24-14-6-5-9-21(24)17-10-12-19(23)13-11-17/h3-4,7-8,10-13,16,21H,5-6,9,14-15H2,1-2H3. The summed E-state index contributed by atoms with van der Waals surface area (Å²) in [6, 6.07) is 15.1. The quantitative estimate of drug-likeness (QED) is 0.681. The Balaban J connectivity index is 1.85. The number of ketones is 1. The molecule has 0 aromatic heterocycles. The van der Waals surface area contributed by atoms with Gasteiger partial charge in [-0.1, -0.05) is 56.7 Å². The number of rotatable bonds is 5. The van der Waals surface area contributed by atoms with Crippen molar-refractivity contribution in [3.8, 4) is 0 Å². The third kappa shape index (κ3) is 4.16. The van der Waals surface area contributed by atoms with Crippen LogP contribution in [0.2, 0.25) is 0 Å². The summed E-state index contributed by atoms with van der Waals surface area (Å²) < 4.78 is 13.3. The van der Waals surface area contributed by atoms with Gasteiger partial charge >= 0.3 is 0 Å². The average molecular weight is 339 g/mol. The first kappa shape index (κ1) is 17.8. The third-order valence-electron chi connectivity index (χ3n) is 5.05. The van der Waals surface area contributed by atoms with E-state index >= 15 is 0 Å². The molecule has 132 valence electrons. The maximum absolute atomic E-state index is 13.3. The fourth-order valence-corrected chi connectivity index (χ4v) is 3.67. The van der Waals surface area contributed by atoms with Crippen LogP contribution in [0.3, 0.4) is 0 Å². The fourth-order valence-electron chi connectivity index (χ4n) is 3.67. The molecule has 1 fully saturated rings. The number of Topliss-reactive ketones (excluding diaryl/α,β-unsaturated/α-hetero) is 1. The molecule has 1 saturated heterocycles. The molecule has 3 heteroatoms. The van der Waals surface area contributed by atoms with E-state index in [-0.39, 0.29) is 23.6 Å². The van der Waals surface area contributed by atoms with E-state index in [1.807, 2.05) is 44.2 Å². The molecule has 0 bridgehead atoms. The number of nitrogens with zero attached hydrogens (tertiary/aromatic N) is 1. The number of benzene rings is 2. The van der Waals surface area contributed by atoms with Gasteiger partial charge in [0.15, 0.2) is 5.78 Å². The van der Waals surface area contributed by atoms with Gasteiger partial charge in [-0.15, -0.1) is 0 Å². The molecule has 3 rings (SSSR count). The van der Waals surface area contributed by atoms with Crippen molar-refractivity contribution in [3.63, 3.8) is 0 Å². The molecule has 2 aromatic carbocycles. The van der Waals surface area contributed by atoms with Crippen molar-refractivity contribution in [2.45, 2.75) is 45.7 Å². The van der Waals surface area contributed by atoms with Crippen LogP contribution >= 0.6 is 0 Å². The fraction of sp³-hybridized carbons (Fsp3) is 0.409. The van der Waals surface area contributed by atoms with E-state index in [4.69, 9.17) is 0 Å². The van der Waals surface area contributed by atoms with Crippen molar-refractivity contribution in [1.82, 2.24) is 4.90 Å². The van der Waals surface area contributed by atoms with E-state index < -0.39 is 0 Å². The number of carbonyl (C=O) groups excluding carboxylic acids is 1. The predicted octanol–water partition coefficient (Wildman–Crippen LogP) is 5.39. The van der Waals surface area contributed by atoms with Gasteiger partial charge in [-0.25, -0.2) is 4.39 Å². The number of hydrogen-bond donors (Lipinski definition) is 0. The lowest BCUT2D eigenvalue weighted by Gasteiger charge is -2.36. The Labute approximate surface area is 149 Å². The summed E-state index contributed by atoms with van der Waals surface area (Å²) in [6.45, 7) is 5.66. The zero-order valence-corrected chi connectivity index (χ0v) is 15.0. The molecular weight excluding hydrogens is 313 g/mol. The molecular formula is C22H26FNO. The maximum atomic E-state index is 13.3. The molecule has 1 aliphatic rings. The van der Waals surface area contributed by atoms with Crippen molar-refractivity contribution < 1.29 is 9.18 Å². The van der Waals surface area contributed by atoms with Crippen LogP contribution in [0.5, 0.6) is 0 Å². The first-order valence-electron chi connectivity index (χ1n) is 9.18. The summed E-state index contributed by atoms with van der Waals surface area (Å²) in [4.78, 5) is 15.0. The summed E-state index contributed by atoms with van der Waals surface area (Å²) >= 11 is 0. The minimum atomic E-state index is -0.195. The predicted molar refractivity (Wildman–Crippen MR) is 99.0 cm³/mol. The van der Waals surface area contributed by atoms with Crippen LogP contribution in [0.15, 0.2) is 48.5 Å². The molecule has 0 N–H and O–H groups in total. The van der Waals surface area contributed by atoms with E-state index in [0.717, 1.165) is 42.6 Å². The highest BCUT2D eigenvalue weighted by molar-refractivity contribution is 5.98. The highest BCUT2D eigenvalue weighted by Crippen LogP contribution is 2.32. The Kier molecular flexibility index (Phi) is 5.64. The highest BCUT2D eigenvalue weighted by Gasteiger charge is 2.25. The average Bonchev–Trinajstić information content (AvgIpc) is 2.63. The number of likely N-dealkylation sites (tertiary alicyclic amines) is 1. The summed E-state index contributed by atoms with van der Waals surface area (Å²) in [7, 11) is 0. The second kappa shape index (κ2) is 7.92. The monoisotopic (exact) mass is 339 g/mol. The van der Waals surface area contributed by atoms with Gasteiger partial charge in [-0.2, -0.15) is 0 Å². The number of halogens is 1. The first-order chi connectivity index (χ1) is 12.1. The molecule has 0 spiro atoms. The minimum Gasteiger partial charge on any atom is -0.294 e. The van der Waals surface area contributed by atoms with Crippen LogP contribution in [0.1, 0.15) is 60.6 Å². The van der Waals surface area contributed by atoms with Crippen LogP contribution in [-0.4, -0.2) is 17.2 Å². The molecule has 1 aliphatic heterocycles. The molecule has 2 nitrogen and oxygen atoms in total. The SMILES string of the molecule is CC(C)C(=O)c1ccccc1CN1CCCCC1c1ccc(F)cc1. The van der Waals surface area contributed by atoms with Crippen molar-refractivity contribution in [3.05, 3.63) is 71.0 Å². The second-order valence-electron chi connectivity index (χ2n) is 7.21. The minimum absolute atomic E-state index is 0.00426. The van der Waals surface area contributed by atoms with Gasteiger partial charge in [0.25, 0.3) is 0 Å². The van der Waals surface area contributed by atoms with Gasteiger partial charge in [0.2, 0.25) is 0 Å². The largest absolute Gasteiger partial charge is 0.294 e. The number of hydrogen-bond acceptors (Lipinski definition) is 2. The van der Waals surface area contributed by atoms with Crippen LogP contribution in [-0.2, 0) is 6.54 Å². The van der Waals surface area contributed by atoms with Gasteiger partial charge < -0.3 is 0 Å². The van der Waals surface area contributed by atoms with Crippen molar-refractivity contribution >= 4 is 5.78 Å². The Hall–Kier alpha value is -2.00. The van der Waals surface area contributed by atoms with Crippen molar-refractivity contribution in [2.24, 2.45) is 5.92 Å². The van der Waals surface area contributed by atoms with E-state index in [1.165, 1.54) is 6.42 Å². The van der Waals surface area contributed by atoms with Crippen molar-refractivity contribution in [2.75, 3.05) is 6.54 Å². The Bertz CT molecular complexity index is 723. The zero-order valence-electron chi connectivity index (χ0n) is 15.0. The van der Waals surface area contributed by atoms with E-state index in [9.17, 15) is 9.18 Å². The van der Waals surface area contributed by atoms with Crippen LogP contribution in [0, 0.1) is 11.7 Å². The van der Waals surface area contributed by atoms with E-state index in [2.05, 4.69) is 11.0 Å². The third-order valence-corrected chi connectivity index (χ3v) is 5.05. The summed E-state index contributed by atoms with van der Waals surface area (Å²) in [5.41, 5.74) is 3.09. The summed E-state index contributed by atoms with van der Waals surface area (Å²) in [5.74, 6) is 0.000304. The lowest BCUT2D eigenvalue weighted by Crippen LogP contribution is -2.33. The second-order valence-corrected chi connectivity index (χ2v) is 7.21. The number of carbonyl (C=O) groups is 1. The van der Waals surface area contributed by atoms with Crippen molar-refractivity contribution in [1.29, 1.82) is 0 Å². The lowest BCUT2D eigenvalue weighted by atomic mass is 9.92.